The topological polar surface area (TPSA) is 33.5 Å². The molecule has 0 fully saturated rings. The SMILES string of the molecule is CN1[CH-]N2c3[c-]c(Oc4[c-]c5c(cc4)c4cc(-c6ccccc6)ccc4n5-c4ccccn4)ccc3C3(c4cccc1c42)c1c(cc(C(C)(C)C)cc1C(C)(C)C)-c1cc(C(C)(C)C)cc(C(C)(C)C)c13.[Pt]. The summed E-state index contributed by atoms with van der Waals surface area (Å²) < 4.78 is 9.21. The Morgan fingerprint density at radius 2 is 1.18 bits per heavy atom. The van der Waals surface area contributed by atoms with E-state index in [1.54, 1.807) is 0 Å². The number of aromatic nitrogens is 2. The second-order valence-corrected chi connectivity index (χ2v) is 24.3. The van der Waals surface area contributed by atoms with Crippen LogP contribution in [0.5, 0.6) is 11.5 Å². The number of nitrogens with zero attached hydrogens (tertiary/aromatic N) is 4. The van der Waals surface area contributed by atoms with Crippen LogP contribution in [0.25, 0.3) is 49.9 Å². The smallest absolute Gasteiger partial charge is 0.135 e. The number of pyridine rings is 1. The van der Waals surface area contributed by atoms with E-state index in [0.29, 0.717) is 11.5 Å². The van der Waals surface area contributed by atoms with Crippen molar-refractivity contribution >= 4 is 38.9 Å². The van der Waals surface area contributed by atoms with Gasteiger partial charge in [-0.1, -0.05) is 179 Å². The van der Waals surface area contributed by atoms with Gasteiger partial charge in [0, 0.05) is 61.1 Å². The number of hydrogen-bond donors (Lipinski definition) is 0. The molecule has 0 radical (unpaired) electrons. The first kappa shape index (κ1) is 47.9. The minimum absolute atomic E-state index is 0. The van der Waals surface area contributed by atoms with E-state index in [4.69, 9.17) is 9.72 Å². The molecule has 9 aromatic rings. The van der Waals surface area contributed by atoms with E-state index in [1.165, 1.54) is 72.6 Å². The van der Waals surface area contributed by atoms with Gasteiger partial charge >= 0.3 is 0 Å². The molecule has 7 aromatic carbocycles. The normalized spacial score (nSPS) is 14.6. The van der Waals surface area contributed by atoms with Gasteiger partial charge < -0.3 is 19.1 Å². The fraction of sp³-hybridized carbons (Fsp3) is 0.273. The molecule has 0 atom stereocenters. The molecule has 366 valence electrons. The maximum absolute atomic E-state index is 7.01. The van der Waals surface area contributed by atoms with Gasteiger partial charge in [-0.3, -0.25) is 0 Å². The number of benzene rings is 7. The van der Waals surface area contributed by atoms with Crippen LogP contribution in [0.3, 0.4) is 0 Å². The van der Waals surface area contributed by atoms with Gasteiger partial charge in [-0.05, 0) is 120 Å². The Hall–Kier alpha value is -6.42. The maximum Gasteiger partial charge on any atom is 0.135 e. The van der Waals surface area contributed by atoms with E-state index in [1.807, 2.05) is 24.4 Å². The molecule has 4 heterocycles. The molecule has 1 spiro atoms. The summed E-state index contributed by atoms with van der Waals surface area (Å²) in [5.74, 6) is 2.06. The molecule has 12 rings (SSSR count). The summed E-state index contributed by atoms with van der Waals surface area (Å²) in [4.78, 5) is 9.47. The molecule has 2 aliphatic heterocycles. The zero-order valence-electron chi connectivity index (χ0n) is 43.9. The Morgan fingerprint density at radius 3 is 1.79 bits per heavy atom. The molecular weight excluding hydrogens is 1060 g/mol. The summed E-state index contributed by atoms with van der Waals surface area (Å²) >= 11 is 0. The first-order valence-corrected chi connectivity index (χ1v) is 25.3. The molecule has 0 bridgehead atoms. The predicted octanol–water partition coefficient (Wildman–Crippen LogP) is 16.8. The Labute approximate surface area is 441 Å². The minimum atomic E-state index is -0.679. The number of fused-ring (bicyclic) bond motifs is 12. The zero-order valence-corrected chi connectivity index (χ0v) is 46.1. The van der Waals surface area contributed by atoms with Crippen LogP contribution < -0.4 is 14.5 Å². The number of rotatable bonds is 4. The van der Waals surface area contributed by atoms with Crippen LogP contribution in [0.15, 0.2) is 140 Å². The largest absolute Gasteiger partial charge is 0.509 e. The van der Waals surface area contributed by atoms with Gasteiger partial charge in [0.15, 0.2) is 0 Å². The summed E-state index contributed by atoms with van der Waals surface area (Å²) in [6, 6.07) is 56.8. The van der Waals surface area contributed by atoms with Crippen molar-refractivity contribution in [2.75, 3.05) is 16.8 Å². The summed E-state index contributed by atoms with van der Waals surface area (Å²) in [6.45, 7) is 30.8. The van der Waals surface area contributed by atoms with Crippen LogP contribution in [0, 0.1) is 18.8 Å². The fourth-order valence-corrected chi connectivity index (χ4v) is 11.9. The first-order chi connectivity index (χ1) is 33.6. The Bertz CT molecular complexity index is 3570. The molecule has 0 N–H and O–H groups in total. The Kier molecular flexibility index (Phi) is 10.8. The number of para-hydroxylation sites is 1. The molecule has 0 unspecified atom stereocenters. The molecule has 0 amide bonds. The molecule has 3 aliphatic rings. The van der Waals surface area contributed by atoms with E-state index in [2.05, 4.69) is 239 Å². The summed E-state index contributed by atoms with van der Waals surface area (Å²) in [5.41, 5.74) is 19.9. The van der Waals surface area contributed by atoms with Crippen LogP contribution in [0.4, 0.5) is 17.1 Å². The predicted molar refractivity (Wildman–Crippen MR) is 295 cm³/mol. The van der Waals surface area contributed by atoms with E-state index in [0.717, 1.165) is 38.9 Å². The quantitative estimate of drug-likeness (QED) is 0.165. The third-order valence-electron chi connectivity index (χ3n) is 15.4. The average molecular weight is 1120 g/mol. The van der Waals surface area contributed by atoms with Gasteiger partial charge in [-0.2, -0.15) is 18.8 Å². The molecule has 6 heteroatoms. The standard InChI is InChI=1S/C66H63N4O.Pt/c1-62(2,3)42-33-48-49-34-43(63(4,5)6)36-53(65(10,11)12)60(49)66(59(48)52(35-42)64(7,8)9)50-29-27-45(38-57(50)69-39-68(13)55-23-19-22-51(66)61(55)69)71-44-26-28-46-47-32-41(40-20-15-14-16-21-40)25-30-54(47)70(56(46)37-44)58-24-17-18-31-67-58;/h14-36,39H,1-13H3;/q-3;. The van der Waals surface area contributed by atoms with Crippen LogP contribution >= 0.6 is 0 Å². The first-order valence-electron chi connectivity index (χ1n) is 25.3. The molecule has 0 saturated heterocycles. The van der Waals surface area contributed by atoms with Crippen LogP contribution in [-0.4, -0.2) is 16.6 Å². The van der Waals surface area contributed by atoms with Crippen LogP contribution in [-0.2, 0) is 48.1 Å². The molecule has 72 heavy (non-hydrogen) atoms. The second kappa shape index (κ2) is 16.3. The van der Waals surface area contributed by atoms with Crippen LogP contribution in [0.2, 0.25) is 0 Å². The maximum atomic E-state index is 7.01. The van der Waals surface area contributed by atoms with E-state index in [-0.39, 0.29) is 42.7 Å². The zero-order chi connectivity index (χ0) is 49.7. The molecule has 1 aliphatic carbocycles. The Balaban J connectivity index is 0.00000560. The van der Waals surface area contributed by atoms with E-state index >= 15 is 0 Å². The number of hydrogen-bond acceptors (Lipinski definition) is 4. The van der Waals surface area contributed by atoms with Crippen molar-refractivity contribution in [1.82, 2.24) is 9.55 Å². The third kappa shape index (κ3) is 7.15. The van der Waals surface area contributed by atoms with Gasteiger partial charge in [0.25, 0.3) is 0 Å². The van der Waals surface area contributed by atoms with E-state index < -0.39 is 5.41 Å². The fourth-order valence-electron chi connectivity index (χ4n) is 11.9. The number of ether oxygens (including phenoxy) is 1. The van der Waals surface area contributed by atoms with Crippen LogP contribution in [0.1, 0.15) is 128 Å². The van der Waals surface area contributed by atoms with Crippen molar-refractivity contribution in [3.8, 4) is 39.6 Å². The Morgan fingerprint density at radius 1 is 0.556 bits per heavy atom. The van der Waals surface area contributed by atoms with Gasteiger partial charge in [-0.15, -0.1) is 35.2 Å². The van der Waals surface area contributed by atoms with Crippen molar-refractivity contribution in [2.45, 2.75) is 110 Å². The minimum Gasteiger partial charge on any atom is -0.509 e. The van der Waals surface area contributed by atoms with Crippen molar-refractivity contribution in [2.24, 2.45) is 0 Å². The van der Waals surface area contributed by atoms with Gasteiger partial charge in [0.1, 0.15) is 5.82 Å². The van der Waals surface area contributed by atoms with E-state index in [9.17, 15) is 0 Å². The molecular formula is C66H63N4OPt-3. The molecule has 0 saturated carbocycles. The average Bonchev–Trinajstić information content (AvgIpc) is 3.95. The van der Waals surface area contributed by atoms with Crippen molar-refractivity contribution in [3.63, 3.8) is 0 Å². The molecule has 5 nitrogen and oxygen atoms in total. The van der Waals surface area contributed by atoms with Crippen molar-refractivity contribution in [3.05, 3.63) is 203 Å². The third-order valence-corrected chi connectivity index (χ3v) is 15.4. The van der Waals surface area contributed by atoms with Gasteiger partial charge in [-0.25, -0.2) is 4.98 Å². The monoisotopic (exact) mass is 1120 g/mol. The van der Waals surface area contributed by atoms with Gasteiger partial charge in [0.05, 0.1) is 0 Å². The second-order valence-electron chi connectivity index (χ2n) is 24.3. The summed E-state index contributed by atoms with van der Waals surface area (Å²) in [5, 5.41) is 2.22. The summed E-state index contributed by atoms with van der Waals surface area (Å²) in [6.07, 6.45) is 1.85. The van der Waals surface area contributed by atoms with Gasteiger partial charge in [0.2, 0.25) is 0 Å². The van der Waals surface area contributed by atoms with Crippen molar-refractivity contribution < 1.29 is 25.8 Å². The molecule has 2 aromatic heterocycles. The number of anilines is 3. The summed E-state index contributed by atoms with van der Waals surface area (Å²) in [7, 11) is 2.16. The van der Waals surface area contributed by atoms with Crippen molar-refractivity contribution in [1.29, 1.82) is 0 Å².